The van der Waals surface area contributed by atoms with Crippen molar-refractivity contribution in [1.82, 2.24) is 9.80 Å². The number of rotatable bonds is 6. The summed E-state index contributed by atoms with van der Waals surface area (Å²) >= 11 is 0. The minimum absolute atomic E-state index is 0.131. The van der Waals surface area contributed by atoms with Crippen molar-refractivity contribution in [2.75, 3.05) is 18.4 Å². The number of anilines is 1. The van der Waals surface area contributed by atoms with Gasteiger partial charge in [0.2, 0.25) is 11.8 Å². The number of carbonyl (C=O) groups excluding carboxylic acids is 3. The molecule has 2 aromatic rings. The molecule has 4 rings (SSSR count). The number of nitrogens with one attached hydrogen (secondary N) is 1. The molecule has 0 bridgehead atoms. The molecule has 7 nitrogen and oxygen atoms in total. The van der Waals surface area contributed by atoms with E-state index < -0.39 is 0 Å². The van der Waals surface area contributed by atoms with E-state index in [1.165, 1.54) is 10.5 Å². The van der Waals surface area contributed by atoms with E-state index in [4.69, 9.17) is 4.74 Å². The van der Waals surface area contributed by atoms with Gasteiger partial charge in [0.05, 0.1) is 18.8 Å². The Labute approximate surface area is 188 Å². The lowest BCUT2D eigenvalue weighted by molar-refractivity contribution is -0.139. The number of carbonyl (C=O) groups is 3. The molecule has 7 heteroatoms. The molecule has 2 unspecified atom stereocenters. The van der Waals surface area contributed by atoms with Gasteiger partial charge in [0.1, 0.15) is 0 Å². The molecule has 0 saturated carbocycles. The van der Waals surface area contributed by atoms with E-state index in [0.717, 1.165) is 25.2 Å². The highest BCUT2D eigenvalue weighted by Gasteiger charge is 2.28. The first kappa shape index (κ1) is 22.2. The molecular weight excluding hydrogens is 406 g/mol. The summed E-state index contributed by atoms with van der Waals surface area (Å²) in [6, 6.07) is 14.9. The van der Waals surface area contributed by atoms with Crippen molar-refractivity contribution in [2.45, 2.75) is 52.0 Å². The van der Waals surface area contributed by atoms with Gasteiger partial charge in [-0.25, -0.2) is 0 Å². The highest BCUT2D eigenvalue weighted by Crippen LogP contribution is 2.19. The van der Waals surface area contributed by atoms with Gasteiger partial charge in [-0.1, -0.05) is 24.3 Å². The molecule has 0 radical (unpaired) electrons. The summed E-state index contributed by atoms with van der Waals surface area (Å²) in [5, 5.41) is 2.90. The maximum Gasteiger partial charge on any atom is 0.255 e. The third-order valence-corrected chi connectivity index (χ3v) is 5.82. The van der Waals surface area contributed by atoms with Gasteiger partial charge in [-0.2, -0.15) is 0 Å². The van der Waals surface area contributed by atoms with Crippen LogP contribution in [0, 0.1) is 0 Å². The van der Waals surface area contributed by atoms with Crippen LogP contribution in [0.25, 0.3) is 0 Å². The molecule has 2 heterocycles. The molecule has 2 aliphatic rings. The van der Waals surface area contributed by atoms with Crippen LogP contribution in [0.15, 0.2) is 48.5 Å². The lowest BCUT2D eigenvalue weighted by Crippen LogP contribution is -2.44. The van der Waals surface area contributed by atoms with Crippen molar-refractivity contribution in [1.29, 1.82) is 0 Å². The number of benzene rings is 2. The van der Waals surface area contributed by atoms with Crippen LogP contribution in [0.2, 0.25) is 0 Å². The lowest BCUT2D eigenvalue weighted by Gasteiger charge is -2.35. The van der Waals surface area contributed by atoms with E-state index in [2.05, 4.69) is 24.1 Å². The first-order valence-electron chi connectivity index (χ1n) is 11.1. The van der Waals surface area contributed by atoms with Crippen LogP contribution in [-0.4, -0.2) is 52.8 Å². The summed E-state index contributed by atoms with van der Waals surface area (Å²) in [6.45, 7) is 7.10. The van der Waals surface area contributed by atoms with Gasteiger partial charge < -0.3 is 10.1 Å². The van der Waals surface area contributed by atoms with Gasteiger partial charge in [0, 0.05) is 43.7 Å². The Bertz CT molecular complexity index is 961. The molecule has 2 aromatic carbocycles. The zero-order valence-corrected chi connectivity index (χ0v) is 18.5. The fraction of sp³-hybridized carbons (Fsp3) is 0.400. The number of nitrogens with zero attached hydrogens (tertiary/aromatic N) is 2. The molecule has 2 fully saturated rings. The number of hydrogen-bond donors (Lipinski definition) is 1. The summed E-state index contributed by atoms with van der Waals surface area (Å²) in [7, 11) is 0. The van der Waals surface area contributed by atoms with Gasteiger partial charge in [-0.05, 0) is 49.2 Å². The second kappa shape index (κ2) is 9.63. The van der Waals surface area contributed by atoms with Crippen molar-refractivity contribution in [3.8, 4) is 0 Å². The molecule has 1 N–H and O–H groups in total. The normalized spacial score (nSPS) is 21.8. The fourth-order valence-electron chi connectivity index (χ4n) is 4.31. The third kappa shape index (κ3) is 5.41. The predicted molar refractivity (Wildman–Crippen MR) is 121 cm³/mol. The fourth-order valence-corrected chi connectivity index (χ4v) is 4.31. The summed E-state index contributed by atoms with van der Waals surface area (Å²) in [5.41, 5.74) is 3.27. The van der Waals surface area contributed by atoms with Gasteiger partial charge in [-0.15, -0.1) is 0 Å². The average Bonchev–Trinajstić information content (AvgIpc) is 3.07. The van der Waals surface area contributed by atoms with E-state index >= 15 is 0 Å². The van der Waals surface area contributed by atoms with Crippen LogP contribution in [-0.2, 0) is 27.4 Å². The Morgan fingerprint density at radius 2 is 1.41 bits per heavy atom. The average molecular weight is 436 g/mol. The van der Waals surface area contributed by atoms with E-state index in [9.17, 15) is 14.4 Å². The molecule has 0 spiro atoms. The van der Waals surface area contributed by atoms with Crippen molar-refractivity contribution >= 4 is 23.4 Å². The Hall–Kier alpha value is -3.03. The standard InChI is InChI=1S/C25H29N3O4/c1-17-13-27(14-18(2)32-17)15-19-3-7-21(8-4-19)25(31)26-22-9-5-20(6-10-22)16-28-23(29)11-12-24(28)30/h3-10,17-18H,11-16H2,1-2H3,(H,26,31). The van der Waals surface area contributed by atoms with E-state index in [1.807, 2.05) is 36.4 Å². The second-order valence-corrected chi connectivity index (χ2v) is 8.67. The summed E-state index contributed by atoms with van der Waals surface area (Å²) < 4.78 is 5.78. The minimum Gasteiger partial charge on any atom is -0.373 e. The Balaban J connectivity index is 1.31. The molecule has 3 amide bonds. The zero-order valence-electron chi connectivity index (χ0n) is 18.5. The minimum atomic E-state index is -0.178. The molecule has 2 atom stereocenters. The summed E-state index contributed by atoms with van der Waals surface area (Å²) in [6.07, 6.45) is 1.03. The van der Waals surface area contributed by atoms with Crippen LogP contribution >= 0.6 is 0 Å². The Morgan fingerprint density at radius 3 is 2.00 bits per heavy atom. The smallest absolute Gasteiger partial charge is 0.255 e. The number of amides is 3. The molecule has 0 aromatic heterocycles. The van der Waals surface area contributed by atoms with Crippen LogP contribution in [0.1, 0.15) is 48.2 Å². The molecule has 32 heavy (non-hydrogen) atoms. The monoisotopic (exact) mass is 435 g/mol. The maximum absolute atomic E-state index is 12.6. The quantitative estimate of drug-likeness (QED) is 0.705. The molecule has 2 aliphatic heterocycles. The van der Waals surface area contributed by atoms with Gasteiger partial charge in [-0.3, -0.25) is 24.2 Å². The molecule has 2 saturated heterocycles. The first-order chi connectivity index (χ1) is 15.4. The molecule has 168 valence electrons. The highest BCUT2D eigenvalue weighted by atomic mass is 16.5. The topological polar surface area (TPSA) is 79.0 Å². The SMILES string of the molecule is CC1CN(Cc2ccc(C(=O)Nc3ccc(CN4C(=O)CCC4=O)cc3)cc2)CC(C)O1. The number of ether oxygens (including phenoxy) is 1. The van der Waals surface area contributed by atoms with Gasteiger partial charge in [0.25, 0.3) is 5.91 Å². The van der Waals surface area contributed by atoms with Crippen LogP contribution in [0.4, 0.5) is 5.69 Å². The van der Waals surface area contributed by atoms with Crippen LogP contribution in [0.5, 0.6) is 0 Å². The van der Waals surface area contributed by atoms with Crippen molar-refractivity contribution in [3.63, 3.8) is 0 Å². The Kier molecular flexibility index (Phi) is 6.67. The number of imide groups is 1. The van der Waals surface area contributed by atoms with Crippen molar-refractivity contribution < 1.29 is 19.1 Å². The van der Waals surface area contributed by atoms with Gasteiger partial charge in [0.15, 0.2) is 0 Å². The molecule has 0 aliphatic carbocycles. The summed E-state index contributed by atoms with van der Waals surface area (Å²) in [5.74, 6) is -0.440. The first-order valence-corrected chi connectivity index (χ1v) is 11.1. The Morgan fingerprint density at radius 1 is 0.875 bits per heavy atom. The van der Waals surface area contributed by atoms with Crippen molar-refractivity contribution in [3.05, 3.63) is 65.2 Å². The van der Waals surface area contributed by atoms with E-state index in [0.29, 0.717) is 11.3 Å². The summed E-state index contributed by atoms with van der Waals surface area (Å²) in [4.78, 5) is 39.8. The highest BCUT2D eigenvalue weighted by molar-refractivity contribution is 6.04. The maximum atomic E-state index is 12.6. The molecular formula is C25H29N3O4. The zero-order chi connectivity index (χ0) is 22.7. The van der Waals surface area contributed by atoms with E-state index in [-0.39, 0.29) is 49.3 Å². The van der Waals surface area contributed by atoms with Crippen molar-refractivity contribution in [2.24, 2.45) is 0 Å². The van der Waals surface area contributed by atoms with Gasteiger partial charge >= 0.3 is 0 Å². The van der Waals surface area contributed by atoms with Crippen LogP contribution in [0.3, 0.4) is 0 Å². The number of likely N-dealkylation sites (tertiary alicyclic amines) is 1. The number of hydrogen-bond acceptors (Lipinski definition) is 5. The lowest BCUT2D eigenvalue weighted by atomic mass is 10.1. The third-order valence-electron chi connectivity index (χ3n) is 5.82. The second-order valence-electron chi connectivity index (χ2n) is 8.67. The number of morpholine rings is 1. The van der Waals surface area contributed by atoms with Crippen LogP contribution < -0.4 is 5.32 Å². The predicted octanol–water partition coefficient (Wildman–Crippen LogP) is 3.20. The van der Waals surface area contributed by atoms with E-state index in [1.54, 1.807) is 12.1 Å². The largest absolute Gasteiger partial charge is 0.373 e.